The quantitative estimate of drug-likeness (QED) is 0.861. The Morgan fingerprint density at radius 3 is 2.44 bits per heavy atom. The van der Waals surface area contributed by atoms with Gasteiger partial charge in [0.1, 0.15) is 5.82 Å². The van der Waals surface area contributed by atoms with Gasteiger partial charge in [-0.1, -0.05) is 6.07 Å². The number of ether oxygens (including phenoxy) is 1. The highest BCUT2D eigenvalue weighted by atomic mass is 19.1. The number of rotatable bonds is 2. The van der Waals surface area contributed by atoms with Crippen LogP contribution in [0.3, 0.4) is 0 Å². The lowest BCUT2D eigenvalue weighted by atomic mass is 9.94. The van der Waals surface area contributed by atoms with E-state index in [0.29, 0.717) is 5.69 Å². The molecule has 1 atom stereocenters. The molecule has 0 spiro atoms. The third-order valence-electron chi connectivity index (χ3n) is 3.53. The molecular weight excluding hydrogens is 229 g/mol. The molecule has 1 unspecified atom stereocenters. The number of hydrogen-bond acceptors (Lipinski definition) is 2. The molecule has 0 saturated carbocycles. The molecule has 1 aromatic rings. The van der Waals surface area contributed by atoms with Crippen LogP contribution in [0, 0.1) is 12.7 Å². The number of nitrogens with one attached hydrogen (secondary N) is 1. The zero-order valence-corrected chi connectivity index (χ0v) is 11.8. The first-order chi connectivity index (χ1) is 8.20. The molecule has 1 fully saturated rings. The molecule has 0 aliphatic carbocycles. The van der Waals surface area contributed by atoms with Crippen LogP contribution in [0.5, 0.6) is 0 Å². The summed E-state index contributed by atoms with van der Waals surface area (Å²) in [6, 6.07) is 5.38. The molecule has 1 heterocycles. The van der Waals surface area contributed by atoms with Gasteiger partial charge in [-0.05, 0) is 58.7 Å². The van der Waals surface area contributed by atoms with Gasteiger partial charge in [-0.25, -0.2) is 4.39 Å². The van der Waals surface area contributed by atoms with Gasteiger partial charge in [0.05, 0.1) is 22.9 Å². The second-order valence-electron chi connectivity index (χ2n) is 6.35. The smallest absolute Gasteiger partial charge is 0.146 e. The summed E-state index contributed by atoms with van der Waals surface area (Å²) < 4.78 is 19.8. The largest absolute Gasteiger partial charge is 0.377 e. The van der Waals surface area contributed by atoms with Crippen molar-refractivity contribution in [3.8, 4) is 0 Å². The highest BCUT2D eigenvalue weighted by Gasteiger charge is 2.45. The lowest BCUT2D eigenvalue weighted by Crippen LogP contribution is -2.38. The number of benzene rings is 1. The summed E-state index contributed by atoms with van der Waals surface area (Å²) in [5.74, 6) is -0.199. The summed E-state index contributed by atoms with van der Waals surface area (Å²) in [6.07, 6.45) is 0.868. The molecule has 2 nitrogen and oxygen atoms in total. The van der Waals surface area contributed by atoms with Crippen molar-refractivity contribution in [2.24, 2.45) is 0 Å². The Hall–Kier alpha value is -1.09. The average Bonchev–Trinajstić information content (AvgIpc) is 2.39. The Morgan fingerprint density at radius 1 is 1.28 bits per heavy atom. The van der Waals surface area contributed by atoms with Gasteiger partial charge in [0.25, 0.3) is 0 Å². The van der Waals surface area contributed by atoms with E-state index < -0.39 is 0 Å². The Labute approximate surface area is 109 Å². The summed E-state index contributed by atoms with van der Waals surface area (Å²) in [5, 5.41) is 3.28. The summed E-state index contributed by atoms with van der Waals surface area (Å²) in [7, 11) is 0. The van der Waals surface area contributed by atoms with Crippen molar-refractivity contribution in [3.05, 3.63) is 29.6 Å². The van der Waals surface area contributed by atoms with Gasteiger partial charge in [-0.15, -0.1) is 0 Å². The van der Waals surface area contributed by atoms with E-state index in [2.05, 4.69) is 19.2 Å². The molecule has 1 aromatic carbocycles. The van der Waals surface area contributed by atoms with Crippen LogP contribution in [-0.4, -0.2) is 17.2 Å². The maximum absolute atomic E-state index is 13.8. The molecule has 1 saturated heterocycles. The Bertz CT molecular complexity index is 454. The topological polar surface area (TPSA) is 21.3 Å². The van der Waals surface area contributed by atoms with Gasteiger partial charge < -0.3 is 10.1 Å². The maximum atomic E-state index is 13.8. The minimum absolute atomic E-state index is 0.115. The van der Waals surface area contributed by atoms with Crippen LogP contribution in [0.25, 0.3) is 0 Å². The molecule has 1 aliphatic rings. The lowest BCUT2D eigenvalue weighted by Gasteiger charge is -2.28. The number of hydrogen-bond donors (Lipinski definition) is 1. The molecule has 2 rings (SSSR count). The summed E-state index contributed by atoms with van der Waals surface area (Å²) in [5.41, 5.74) is 1.03. The predicted octanol–water partition coefficient (Wildman–Crippen LogP) is 3.89. The van der Waals surface area contributed by atoms with Crippen LogP contribution in [0.1, 0.15) is 39.7 Å². The van der Waals surface area contributed by atoms with Crippen molar-refractivity contribution in [2.45, 2.75) is 58.3 Å². The van der Waals surface area contributed by atoms with Gasteiger partial charge in [0.15, 0.2) is 0 Å². The minimum atomic E-state index is -0.291. The highest BCUT2D eigenvalue weighted by molar-refractivity contribution is 5.47. The van der Waals surface area contributed by atoms with E-state index in [4.69, 9.17) is 4.74 Å². The van der Waals surface area contributed by atoms with E-state index in [-0.39, 0.29) is 23.1 Å². The van der Waals surface area contributed by atoms with E-state index in [1.807, 2.05) is 26.8 Å². The zero-order chi connectivity index (χ0) is 13.6. The van der Waals surface area contributed by atoms with Gasteiger partial charge in [0, 0.05) is 0 Å². The molecule has 1 aliphatic heterocycles. The monoisotopic (exact) mass is 251 g/mol. The van der Waals surface area contributed by atoms with E-state index in [9.17, 15) is 4.39 Å². The van der Waals surface area contributed by atoms with Gasteiger partial charge in [-0.2, -0.15) is 0 Å². The third kappa shape index (κ3) is 2.66. The Kier molecular flexibility index (Phi) is 3.14. The highest BCUT2D eigenvalue weighted by Crippen LogP contribution is 2.39. The van der Waals surface area contributed by atoms with Crippen molar-refractivity contribution >= 4 is 5.69 Å². The second kappa shape index (κ2) is 4.23. The summed E-state index contributed by atoms with van der Waals surface area (Å²) in [4.78, 5) is 0. The van der Waals surface area contributed by atoms with Crippen LogP contribution < -0.4 is 5.32 Å². The molecule has 0 bridgehead atoms. The molecule has 0 radical (unpaired) electrons. The predicted molar refractivity (Wildman–Crippen MR) is 72.4 cm³/mol. The van der Waals surface area contributed by atoms with E-state index in [0.717, 1.165) is 12.0 Å². The van der Waals surface area contributed by atoms with Gasteiger partial charge in [-0.3, -0.25) is 0 Å². The number of halogens is 1. The molecular formula is C15H22FNO. The van der Waals surface area contributed by atoms with Gasteiger partial charge in [0.2, 0.25) is 0 Å². The average molecular weight is 251 g/mol. The van der Waals surface area contributed by atoms with Crippen LogP contribution in [0.2, 0.25) is 0 Å². The molecule has 1 N–H and O–H groups in total. The molecule has 3 heteroatoms. The van der Waals surface area contributed by atoms with Crippen molar-refractivity contribution < 1.29 is 9.13 Å². The molecule has 0 aromatic heterocycles. The van der Waals surface area contributed by atoms with E-state index in [1.54, 1.807) is 12.1 Å². The fraction of sp³-hybridized carbons (Fsp3) is 0.600. The fourth-order valence-corrected chi connectivity index (χ4v) is 2.71. The van der Waals surface area contributed by atoms with Crippen LogP contribution in [-0.2, 0) is 4.74 Å². The first kappa shape index (κ1) is 13.3. The van der Waals surface area contributed by atoms with E-state index in [1.165, 1.54) is 0 Å². The Balaban J connectivity index is 2.19. The van der Waals surface area contributed by atoms with Crippen LogP contribution >= 0.6 is 0 Å². The van der Waals surface area contributed by atoms with Crippen LogP contribution in [0.15, 0.2) is 18.2 Å². The lowest BCUT2D eigenvalue weighted by molar-refractivity contribution is -0.0662. The fourth-order valence-electron chi connectivity index (χ4n) is 2.71. The molecule has 18 heavy (non-hydrogen) atoms. The van der Waals surface area contributed by atoms with Crippen molar-refractivity contribution in [1.82, 2.24) is 0 Å². The first-order valence-electron chi connectivity index (χ1n) is 6.42. The first-order valence-corrected chi connectivity index (χ1v) is 6.42. The summed E-state index contributed by atoms with van der Waals surface area (Å²) >= 11 is 0. The number of anilines is 1. The van der Waals surface area contributed by atoms with Gasteiger partial charge >= 0.3 is 0 Å². The second-order valence-corrected chi connectivity index (χ2v) is 6.35. The van der Waals surface area contributed by atoms with Crippen molar-refractivity contribution in [1.29, 1.82) is 0 Å². The standard InChI is InChI=1S/C15H22FNO/c1-10-6-7-12(11(16)8-10)17-13-9-14(2,3)18-15(13,4)5/h6-8,13,17H,9H2,1-5H3. The van der Waals surface area contributed by atoms with Crippen molar-refractivity contribution in [2.75, 3.05) is 5.32 Å². The maximum Gasteiger partial charge on any atom is 0.146 e. The molecule has 100 valence electrons. The summed E-state index contributed by atoms with van der Waals surface area (Å²) in [6.45, 7) is 10.1. The zero-order valence-electron chi connectivity index (χ0n) is 11.8. The Morgan fingerprint density at radius 2 is 1.94 bits per heavy atom. The normalized spacial score (nSPS) is 25.1. The minimum Gasteiger partial charge on any atom is -0.377 e. The van der Waals surface area contributed by atoms with E-state index >= 15 is 0 Å². The van der Waals surface area contributed by atoms with Crippen LogP contribution in [0.4, 0.5) is 10.1 Å². The third-order valence-corrected chi connectivity index (χ3v) is 3.53. The molecule has 0 amide bonds. The number of aryl methyl sites for hydroxylation is 1. The SMILES string of the molecule is Cc1ccc(NC2CC(C)(C)OC2(C)C)c(F)c1. The van der Waals surface area contributed by atoms with Crippen molar-refractivity contribution in [3.63, 3.8) is 0 Å².